The number of rotatable bonds is 1. The molecule has 0 unspecified atom stereocenters. The first-order valence-electron chi connectivity index (χ1n) is 9.96. The Morgan fingerprint density at radius 2 is 1.38 bits per heavy atom. The van der Waals surface area contributed by atoms with E-state index in [0.29, 0.717) is 0 Å². The molecule has 1 saturated heterocycles. The third-order valence-corrected chi connectivity index (χ3v) is 6.53. The van der Waals surface area contributed by atoms with Crippen LogP contribution in [0.25, 0.3) is 43.9 Å². The van der Waals surface area contributed by atoms with E-state index in [-0.39, 0.29) is 11.2 Å². The molecule has 1 fully saturated rings. The molecule has 0 aliphatic carbocycles. The van der Waals surface area contributed by atoms with Crippen molar-refractivity contribution >= 4 is 56.5 Å². The molecule has 0 N–H and O–H groups in total. The predicted molar refractivity (Wildman–Crippen MR) is 117 cm³/mol. The summed E-state index contributed by atoms with van der Waals surface area (Å²) in [4.78, 5) is 0. The van der Waals surface area contributed by atoms with Crippen LogP contribution in [0.1, 0.15) is 27.7 Å². The molecule has 1 aliphatic heterocycles. The maximum Gasteiger partial charge on any atom is 0.494 e. The zero-order chi connectivity index (χ0) is 20.0. The third kappa shape index (κ3) is 2.29. The Bertz CT molecular complexity index is 1410. The van der Waals surface area contributed by atoms with Gasteiger partial charge in [0.1, 0.15) is 22.3 Å². The molecule has 0 amide bonds. The van der Waals surface area contributed by atoms with Crippen LogP contribution in [0.15, 0.2) is 63.4 Å². The summed E-state index contributed by atoms with van der Waals surface area (Å²) in [5, 5.41) is 4.26. The second-order valence-electron chi connectivity index (χ2n) is 8.86. The van der Waals surface area contributed by atoms with Crippen LogP contribution in [0.3, 0.4) is 0 Å². The van der Waals surface area contributed by atoms with Crippen molar-refractivity contribution in [2.75, 3.05) is 0 Å². The van der Waals surface area contributed by atoms with E-state index >= 15 is 0 Å². The minimum Gasteiger partial charge on any atom is -0.456 e. The van der Waals surface area contributed by atoms with Crippen molar-refractivity contribution in [2.45, 2.75) is 38.9 Å². The van der Waals surface area contributed by atoms with Crippen LogP contribution in [-0.2, 0) is 9.31 Å². The molecule has 0 atom stereocenters. The lowest BCUT2D eigenvalue weighted by atomic mass is 9.79. The van der Waals surface area contributed by atoms with E-state index in [1.165, 1.54) is 0 Å². The molecule has 4 nitrogen and oxygen atoms in total. The summed E-state index contributed by atoms with van der Waals surface area (Å²) in [6, 6.07) is 18.4. The fraction of sp³-hybridized carbons (Fsp3) is 0.250. The van der Waals surface area contributed by atoms with E-state index in [1.807, 2.05) is 30.3 Å². The highest BCUT2D eigenvalue weighted by Gasteiger charge is 2.51. The maximum atomic E-state index is 6.21. The van der Waals surface area contributed by atoms with Crippen molar-refractivity contribution in [1.29, 1.82) is 0 Å². The lowest BCUT2D eigenvalue weighted by Gasteiger charge is -2.32. The first kappa shape index (κ1) is 17.1. The Hall–Kier alpha value is -2.76. The lowest BCUT2D eigenvalue weighted by molar-refractivity contribution is 0.00578. The molecule has 144 valence electrons. The summed E-state index contributed by atoms with van der Waals surface area (Å²) in [5.41, 5.74) is 3.58. The first-order chi connectivity index (χ1) is 13.8. The van der Waals surface area contributed by atoms with Crippen LogP contribution in [-0.4, -0.2) is 18.3 Å². The smallest absolute Gasteiger partial charge is 0.456 e. The quantitative estimate of drug-likeness (QED) is 0.344. The van der Waals surface area contributed by atoms with Crippen molar-refractivity contribution in [3.8, 4) is 0 Å². The van der Waals surface area contributed by atoms with Gasteiger partial charge in [0.15, 0.2) is 0 Å². The molecule has 0 radical (unpaired) electrons. The number of furan rings is 2. The maximum absolute atomic E-state index is 6.21. The van der Waals surface area contributed by atoms with Gasteiger partial charge in [-0.2, -0.15) is 0 Å². The van der Waals surface area contributed by atoms with Crippen LogP contribution in [0, 0.1) is 0 Å². The molecule has 29 heavy (non-hydrogen) atoms. The average molecular weight is 384 g/mol. The van der Waals surface area contributed by atoms with Crippen molar-refractivity contribution in [2.24, 2.45) is 0 Å². The topological polar surface area (TPSA) is 44.7 Å². The van der Waals surface area contributed by atoms with E-state index in [0.717, 1.165) is 49.3 Å². The highest BCUT2D eigenvalue weighted by atomic mass is 16.7. The molecular weight excluding hydrogens is 363 g/mol. The molecule has 0 spiro atoms. The molecule has 0 bridgehead atoms. The Labute approximate surface area is 168 Å². The van der Waals surface area contributed by atoms with E-state index in [9.17, 15) is 0 Å². The largest absolute Gasteiger partial charge is 0.494 e. The third-order valence-electron chi connectivity index (χ3n) is 6.53. The van der Waals surface area contributed by atoms with Crippen LogP contribution in [0.4, 0.5) is 0 Å². The van der Waals surface area contributed by atoms with Gasteiger partial charge < -0.3 is 18.1 Å². The number of benzene rings is 3. The van der Waals surface area contributed by atoms with Gasteiger partial charge in [-0.05, 0) is 57.4 Å². The van der Waals surface area contributed by atoms with Crippen LogP contribution >= 0.6 is 0 Å². The molecule has 3 heterocycles. The van der Waals surface area contributed by atoms with Gasteiger partial charge in [0, 0.05) is 16.2 Å². The second-order valence-corrected chi connectivity index (χ2v) is 8.86. The Morgan fingerprint density at radius 3 is 2.17 bits per heavy atom. The minimum absolute atomic E-state index is 0.374. The minimum atomic E-state index is -0.413. The van der Waals surface area contributed by atoms with Gasteiger partial charge >= 0.3 is 7.12 Å². The van der Waals surface area contributed by atoms with Gasteiger partial charge in [-0.25, -0.2) is 0 Å². The Morgan fingerprint density at radius 1 is 0.655 bits per heavy atom. The van der Waals surface area contributed by atoms with Crippen molar-refractivity contribution in [1.82, 2.24) is 0 Å². The van der Waals surface area contributed by atoms with E-state index in [2.05, 4.69) is 52.0 Å². The SMILES string of the molecule is CC1(C)OB(c2ccc3c(c2)oc2ccc4c5ccccc5oc4c23)OC1(C)C. The fourth-order valence-electron chi connectivity index (χ4n) is 4.19. The number of para-hydroxylation sites is 1. The molecular formula is C24H21BO4. The van der Waals surface area contributed by atoms with E-state index in [1.54, 1.807) is 0 Å². The average Bonchev–Trinajstić information content (AvgIpc) is 3.30. The Kier molecular flexibility index (Phi) is 3.21. The predicted octanol–water partition coefficient (Wildman–Crippen LogP) is 5.78. The molecule has 3 aromatic carbocycles. The van der Waals surface area contributed by atoms with Crippen LogP contribution in [0.2, 0.25) is 0 Å². The molecule has 0 saturated carbocycles. The monoisotopic (exact) mass is 384 g/mol. The van der Waals surface area contributed by atoms with E-state index in [4.69, 9.17) is 18.1 Å². The van der Waals surface area contributed by atoms with Crippen molar-refractivity contribution in [3.63, 3.8) is 0 Å². The van der Waals surface area contributed by atoms with Crippen LogP contribution in [0.5, 0.6) is 0 Å². The summed E-state index contributed by atoms with van der Waals surface area (Å²) < 4.78 is 24.8. The van der Waals surface area contributed by atoms with Crippen molar-refractivity contribution < 1.29 is 18.1 Å². The summed E-state index contributed by atoms with van der Waals surface area (Å²) in [7, 11) is -0.413. The van der Waals surface area contributed by atoms with Gasteiger partial charge in [-0.1, -0.05) is 30.3 Å². The van der Waals surface area contributed by atoms with Crippen LogP contribution < -0.4 is 5.46 Å². The Balaban J connectivity index is 1.55. The molecule has 5 aromatic rings. The molecule has 6 rings (SSSR count). The van der Waals surface area contributed by atoms with Gasteiger partial charge in [0.25, 0.3) is 0 Å². The summed E-state index contributed by atoms with van der Waals surface area (Å²) in [6.07, 6.45) is 0. The molecule has 5 heteroatoms. The number of fused-ring (bicyclic) bond motifs is 7. The molecule has 2 aromatic heterocycles. The van der Waals surface area contributed by atoms with Gasteiger partial charge in [0.2, 0.25) is 0 Å². The summed E-state index contributed by atoms with van der Waals surface area (Å²) >= 11 is 0. The highest BCUT2D eigenvalue weighted by molar-refractivity contribution is 6.62. The van der Waals surface area contributed by atoms with Gasteiger partial charge in [-0.3, -0.25) is 0 Å². The summed E-state index contributed by atoms with van der Waals surface area (Å²) in [5.74, 6) is 0. The van der Waals surface area contributed by atoms with Crippen molar-refractivity contribution in [3.05, 3.63) is 54.6 Å². The normalized spacial score (nSPS) is 18.6. The number of hydrogen-bond acceptors (Lipinski definition) is 4. The lowest BCUT2D eigenvalue weighted by Crippen LogP contribution is -2.41. The van der Waals surface area contributed by atoms with E-state index < -0.39 is 7.12 Å². The zero-order valence-electron chi connectivity index (χ0n) is 16.9. The van der Waals surface area contributed by atoms with Gasteiger partial charge in [-0.15, -0.1) is 0 Å². The molecule has 1 aliphatic rings. The van der Waals surface area contributed by atoms with Gasteiger partial charge in [0.05, 0.1) is 16.6 Å². The summed E-state index contributed by atoms with van der Waals surface area (Å²) in [6.45, 7) is 8.24. The first-order valence-corrected chi connectivity index (χ1v) is 9.96. The zero-order valence-corrected chi connectivity index (χ0v) is 16.9. The second kappa shape index (κ2) is 5.44. The fourth-order valence-corrected chi connectivity index (χ4v) is 4.19. The number of hydrogen-bond donors (Lipinski definition) is 0. The highest BCUT2D eigenvalue weighted by Crippen LogP contribution is 2.40. The standard InChI is InChI=1S/C24H21BO4/c1-23(2)24(3,4)29-25(28-23)14-9-10-17-20(13-14)26-19-12-11-16-15-7-5-6-8-18(15)27-22(16)21(17)19/h5-13H,1-4H3.